The van der Waals surface area contributed by atoms with Gasteiger partial charge in [0.1, 0.15) is 12.3 Å². The molecule has 0 spiro atoms. The number of para-hydroxylation sites is 1. The summed E-state index contributed by atoms with van der Waals surface area (Å²) in [7, 11) is 0. The number of carbonyl (C=O) groups is 2. The summed E-state index contributed by atoms with van der Waals surface area (Å²) < 4.78 is 2.57. The van der Waals surface area contributed by atoms with Gasteiger partial charge in [0, 0.05) is 18.7 Å². The maximum absolute atomic E-state index is 13.0. The molecule has 0 saturated heterocycles. The molecule has 162 valence electrons. The first-order chi connectivity index (χ1) is 14.9. The SMILES string of the molecule is CCCCCn1c(=O)c2ccccc2n(CC(=O)Nc2ccc(CC(C)=O)cc2)c1=O. The molecule has 0 radical (unpaired) electrons. The van der Waals surface area contributed by atoms with Gasteiger partial charge in [-0.15, -0.1) is 0 Å². The first-order valence-electron chi connectivity index (χ1n) is 10.5. The Kier molecular flexibility index (Phi) is 7.18. The number of aromatic nitrogens is 2. The largest absolute Gasteiger partial charge is 0.331 e. The summed E-state index contributed by atoms with van der Waals surface area (Å²) >= 11 is 0. The van der Waals surface area contributed by atoms with Gasteiger partial charge in [-0.25, -0.2) is 4.79 Å². The fourth-order valence-corrected chi connectivity index (χ4v) is 3.58. The highest BCUT2D eigenvalue weighted by atomic mass is 16.2. The van der Waals surface area contributed by atoms with Crippen LogP contribution >= 0.6 is 0 Å². The van der Waals surface area contributed by atoms with Crippen molar-refractivity contribution >= 4 is 28.3 Å². The molecule has 0 unspecified atom stereocenters. The van der Waals surface area contributed by atoms with Crippen LogP contribution in [0.5, 0.6) is 0 Å². The molecule has 3 rings (SSSR count). The van der Waals surface area contributed by atoms with Gasteiger partial charge in [0.25, 0.3) is 5.56 Å². The van der Waals surface area contributed by atoms with Crippen molar-refractivity contribution in [2.75, 3.05) is 5.32 Å². The zero-order valence-corrected chi connectivity index (χ0v) is 17.9. The molecule has 0 aliphatic carbocycles. The molecule has 0 aliphatic rings. The van der Waals surface area contributed by atoms with Crippen molar-refractivity contribution in [2.45, 2.75) is 52.6 Å². The van der Waals surface area contributed by atoms with Crippen molar-refractivity contribution < 1.29 is 9.59 Å². The Labute approximate surface area is 180 Å². The Bertz CT molecular complexity index is 1210. The van der Waals surface area contributed by atoms with Gasteiger partial charge in [-0.05, 0) is 43.2 Å². The molecular weight excluding hydrogens is 394 g/mol. The number of nitrogens with one attached hydrogen (secondary N) is 1. The Morgan fingerprint density at radius 2 is 1.65 bits per heavy atom. The van der Waals surface area contributed by atoms with Crippen molar-refractivity contribution in [1.29, 1.82) is 0 Å². The van der Waals surface area contributed by atoms with E-state index in [0.717, 1.165) is 24.8 Å². The van der Waals surface area contributed by atoms with Crippen LogP contribution in [0.3, 0.4) is 0 Å². The highest BCUT2D eigenvalue weighted by molar-refractivity contribution is 5.91. The molecule has 7 heteroatoms. The topological polar surface area (TPSA) is 90.2 Å². The van der Waals surface area contributed by atoms with E-state index in [1.54, 1.807) is 48.5 Å². The van der Waals surface area contributed by atoms with Crippen LogP contribution < -0.4 is 16.6 Å². The molecule has 1 heterocycles. The van der Waals surface area contributed by atoms with Crippen LogP contribution in [-0.4, -0.2) is 20.8 Å². The molecule has 3 aromatic rings. The molecule has 0 aliphatic heterocycles. The second-order valence-electron chi connectivity index (χ2n) is 7.67. The Hall–Kier alpha value is -3.48. The van der Waals surface area contributed by atoms with E-state index < -0.39 is 5.69 Å². The summed E-state index contributed by atoms with van der Waals surface area (Å²) in [4.78, 5) is 49.8. The molecule has 7 nitrogen and oxygen atoms in total. The van der Waals surface area contributed by atoms with Crippen LogP contribution in [0.15, 0.2) is 58.1 Å². The lowest BCUT2D eigenvalue weighted by molar-refractivity contribution is -0.117. The number of amides is 1. The minimum atomic E-state index is -0.480. The molecular formula is C24H27N3O4. The molecule has 0 fully saturated rings. The van der Waals surface area contributed by atoms with Crippen LogP contribution in [0, 0.1) is 0 Å². The Balaban J connectivity index is 1.87. The van der Waals surface area contributed by atoms with E-state index in [1.165, 1.54) is 16.1 Å². The fourth-order valence-electron chi connectivity index (χ4n) is 3.58. The lowest BCUT2D eigenvalue weighted by Crippen LogP contribution is -2.41. The number of hydrogen-bond donors (Lipinski definition) is 1. The number of rotatable bonds is 9. The smallest absolute Gasteiger partial charge is 0.325 e. The predicted octanol–water partition coefficient (Wildman–Crippen LogP) is 3.12. The van der Waals surface area contributed by atoms with Gasteiger partial charge in [-0.2, -0.15) is 0 Å². The van der Waals surface area contributed by atoms with Crippen LogP contribution in [0.2, 0.25) is 0 Å². The lowest BCUT2D eigenvalue weighted by atomic mass is 10.1. The molecule has 31 heavy (non-hydrogen) atoms. The monoisotopic (exact) mass is 421 g/mol. The van der Waals surface area contributed by atoms with Crippen molar-refractivity contribution in [3.63, 3.8) is 0 Å². The number of nitrogens with zero attached hydrogens (tertiary/aromatic N) is 2. The minimum Gasteiger partial charge on any atom is -0.325 e. The quantitative estimate of drug-likeness (QED) is 0.538. The van der Waals surface area contributed by atoms with Crippen molar-refractivity contribution in [3.05, 3.63) is 74.9 Å². The summed E-state index contributed by atoms with van der Waals surface area (Å²) in [6, 6.07) is 13.9. The number of hydrogen-bond acceptors (Lipinski definition) is 4. The second kappa shape index (κ2) is 10.0. The van der Waals surface area contributed by atoms with E-state index in [1.807, 2.05) is 0 Å². The zero-order valence-electron chi connectivity index (χ0n) is 17.9. The Morgan fingerprint density at radius 3 is 2.32 bits per heavy atom. The minimum absolute atomic E-state index is 0.0668. The maximum Gasteiger partial charge on any atom is 0.331 e. The number of benzene rings is 2. The van der Waals surface area contributed by atoms with E-state index in [0.29, 0.717) is 29.6 Å². The number of carbonyl (C=O) groups excluding carboxylic acids is 2. The summed E-state index contributed by atoms with van der Waals surface area (Å²) in [5.41, 5.74) is 1.08. The second-order valence-corrected chi connectivity index (χ2v) is 7.67. The van der Waals surface area contributed by atoms with Gasteiger partial charge in [-0.3, -0.25) is 23.5 Å². The standard InChI is InChI=1S/C24H27N3O4/c1-3-4-7-14-26-23(30)20-8-5-6-9-21(20)27(24(26)31)16-22(29)25-19-12-10-18(11-13-19)15-17(2)28/h5-6,8-13H,3-4,7,14-16H2,1-2H3,(H,25,29). The molecule has 0 atom stereocenters. The normalized spacial score (nSPS) is 10.9. The van der Waals surface area contributed by atoms with Crippen LogP contribution in [0.4, 0.5) is 5.69 Å². The highest BCUT2D eigenvalue weighted by Crippen LogP contribution is 2.12. The summed E-state index contributed by atoms with van der Waals surface area (Å²) in [5, 5.41) is 3.19. The van der Waals surface area contributed by atoms with Gasteiger partial charge in [0.15, 0.2) is 0 Å². The number of ketones is 1. The van der Waals surface area contributed by atoms with E-state index in [4.69, 9.17) is 0 Å². The number of Topliss-reactive ketones (excluding diaryl/α,β-unsaturated/α-hetero) is 1. The number of unbranched alkanes of at least 4 members (excludes halogenated alkanes) is 2. The number of anilines is 1. The summed E-state index contributed by atoms with van der Waals surface area (Å²) in [5.74, 6) is -0.303. The number of fused-ring (bicyclic) bond motifs is 1. The van der Waals surface area contributed by atoms with E-state index in [-0.39, 0.29) is 23.8 Å². The molecule has 1 N–H and O–H groups in total. The van der Waals surface area contributed by atoms with Crippen molar-refractivity contribution in [1.82, 2.24) is 9.13 Å². The van der Waals surface area contributed by atoms with Gasteiger partial charge in [0.05, 0.1) is 10.9 Å². The lowest BCUT2D eigenvalue weighted by Gasteiger charge is -2.14. The Morgan fingerprint density at radius 1 is 0.935 bits per heavy atom. The molecule has 1 aromatic heterocycles. The predicted molar refractivity (Wildman–Crippen MR) is 121 cm³/mol. The van der Waals surface area contributed by atoms with Crippen molar-refractivity contribution in [2.24, 2.45) is 0 Å². The zero-order chi connectivity index (χ0) is 22.4. The first kappa shape index (κ1) is 22.2. The summed E-state index contributed by atoms with van der Waals surface area (Å²) in [6.45, 7) is 3.70. The van der Waals surface area contributed by atoms with Crippen molar-refractivity contribution in [3.8, 4) is 0 Å². The average Bonchev–Trinajstić information content (AvgIpc) is 2.74. The van der Waals surface area contributed by atoms with Gasteiger partial charge < -0.3 is 5.32 Å². The van der Waals surface area contributed by atoms with Crippen LogP contribution in [0.1, 0.15) is 38.7 Å². The van der Waals surface area contributed by atoms with Crippen LogP contribution in [0.25, 0.3) is 10.9 Å². The molecule has 0 bridgehead atoms. The van der Waals surface area contributed by atoms with Gasteiger partial charge in [0.2, 0.25) is 5.91 Å². The third-order valence-electron chi connectivity index (χ3n) is 5.11. The first-order valence-corrected chi connectivity index (χ1v) is 10.5. The van der Waals surface area contributed by atoms with Crippen LogP contribution in [-0.2, 0) is 29.1 Å². The van der Waals surface area contributed by atoms with Gasteiger partial charge >= 0.3 is 5.69 Å². The van der Waals surface area contributed by atoms with E-state index in [9.17, 15) is 19.2 Å². The third kappa shape index (κ3) is 5.36. The fraction of sp³-hybridized carbons (Fsp3) is 0.333. The van der Waals surface area contributed by atoms with Gasteiger partial charge in [-0.1, -0.05) is 44.0 Å². The maximum atomic E-state index is 13.0. The molecule has 1 amide bonds. The third-order valence-corrected chi connectivity index (χ3v) is 5.11. The summed E-state index contributed by atoms with van der Waals surface area (Å²) in [6.07, 6.45) is 2.96. The highest BCUT2D eigenvalue weighted by Gasteiger charge is 2.15. The molecule has 2 aromatic carbocycles. The average molecular weight is 421 g/mol. The van der Waals surface area contributed by atoms with E-state index in [2.05, 4.69) is 12.2 Å². The van der Waals surface area contributed by atoms with E-state index >= 15 is 0 Å². The molecule has 0 saturated carbocycles.